The molecule has 0 saturated carbocycles. The molecule has 0 saturated heterocycles. The zero-order chi connectivity index (χ0) is 18.2. The van der Waals surface area contributed by atoms with Gasteiger partial charge in [0, 0.05) is 17.9 Å². The highest BCUT2D eigenvalue weighted by atomic mass is 32.2. The number of thiazole rings is 1. The second kappa shape index (κ2) is 9.28. The highest BCUT2D eigenvalue weighted by molar-refractivity contribution is 7.99. The Bertz CT molecular complexity index is 776. The van der Waals surface area contributed by atoms with Crippen molar-refractivity contribution in [3.63, 3.8) is 0 Å². The van der Waals surface area contributed by atoms with Gasteiger partial charge in [-0.1, -0.05) is 24.0 Å². The maximum Gasteiger partial charge on any atom is 0.350 e. The molecule has 0 spiro atoms. The minimum Gasteiger partial charge on any atom is -0.457 e. The molecular formula is C16H18N4O3S2. The summed E-state index contributed by atoms with van der Waals surface area (Å²) in [4.78, 5) is 36.6. The molecular weight excluding hydrogens is 360 g/mol. The van der Waals surface area contributed by atoms with Gasteiger partial charge in [-0.05, 0) is 19.9 Å². The second-order valence-electron chi connectivity index (χ2n) is 4.96. The number of esters is 1. The first-order valence-electron chi connectivity index (χ1n) is 7.46. The van der Waals surface area contributed by atoms with Gasteiger partial charge in [-0.3, -0.25) is 4.79 Å². The zero-order valence-corrected chi connectivity index (χ0v) is 15.6. The third-order valence-corrected chi connectivity index (χ3v) is 4.90. The quantitative estimate of drug-likeness (QED) is 0.326. The number of anilines is 1. The van der Waals surface area contributed by atoms with Gasteiger partial charge in [0.15, 0.2) is 5.13 Å². The molecule has 1 N–H and O–H groups in total. The van der Waals surface area contributed by atoms with Crippen molar-refractivity contribution in [2.24, 2.45) is 0 Å². The predicted molar refractivity (Wildman–Crippen MR) is 98.1 cm³/mol. The van der Waals surface area contributed by atoms with Gasteiger partial charge < -0.3 is 10.1 Å². The lowest BCUT2D eigenvalue weighted by molar-refractivity contribution is -0.115. The number of hydrogen-bond acceptors (Lipinski definition) is 8. The predicted octanol–water partition coefficient (Wildman–Crippen LogP) is 3.01. The molecule has 25 heavy (non-hydrogen) atoms. The molecule has 2 heterocycles. The van der Waals surface area contributed by atoms with Gasteiger partial charge in [0.2, 0.25) is 5.91 Å². The topological polar surface area (TPSA) is 94.1 Å². The molecule has 0 aliphatic carbocycles. The second-order valence-corrected chi connectivity index (χ2v) is 7.08. The summed E-state index contributed by atoms with van der Waals surface area (Å²) in [5.41, 5.74) is 1.41. The Labute approximate surface area is 153 Å². The zero-order valence-electron chi connectivity index (χ0n) is 13.9. The number of nitrogens with zero attached hydrogens (tertiary/aromatic N) is 3. The van der Waals surface area contributed by atoms with Crippen molar-refractivity contribution in [1.29, 1.82) is 0 Å². The van der Waals surface area contributed by atoms with Gasteiger partial charge in [0.05, 0.1) is 10.7 Å². The number of ether oxygens (including phenoxy) is 1. The first kappa shape index (κ1) is 19.1. The maximum atomic E-state index is 12.0. The molecule has 0 atom stereocenters. The lowest BCUT2D eigenvalue weighted by Crippen LogP contribution is -2.12. The molecule has 0 aromatic carbocycles. The van der Waals surface area contributed by atoms with E-state index in [1.54, 1.807) is 6.92 Å². The normalized spacial score (nSPS) is 10.3. The van der Waals surface area contributed by atoms with Gasteiger partial charge >= 0.3 is 5.97 Å². The van der Waals surface area contributed by atoms with E-state index in [1.165, 1.54) is 24.2 Å². The number of thioether (sulfide) groups is 1. The Kier molecular flexibility index (Phi) is 7.08. The number of amides is 1. The van der Waals surface area contributed by atoms with Gasteiger partial charge in [-0.15, -0.1) is 11.8 Å². The third-order valence-electron chi connectivity index (χ3n) is 2.92. The summed E-state index contributed by atoms with van der Waals surface area (Å²) >= 11 is 2.58. The van der Waals surface area contributed by atoms with Crippen LogP contribution in [0.25, 0.3) is 0 Å². The van der Waals surface area contributed by atoms with E-state index in [4.69, 9.17) is 4.74 Å². The minimum atomic E-state index is -0.468. The van der Waals surface area contributed by atoms with Gasteiger partial charge in [0.25, 0.3) is 0 Å². The van der Waals surface area contributed by atoms with E-state index in [0.717, 1.165) is 22.1 Å². The van der Waals surface area contributed by atoms with Crippen molar-refractivity contribution in [1.82, 2.24) is 15.0 Å². The Balaban J connectivity index is 1.84. The van der Waals surface area contributed by atoms with Crippen LogP contribution >= 0.6 is 23.1 Å². The van der Waals surface area contributed by atoms with E-state index in [-0.39, 0.29) is 12.5 Å². The molecule has 9 heteroatoms. The summed E-state index contributed by atoms with van der Waals surface area (Å²) in [6.07, 6.45) is 3.30. The first-order chi connectivity index (χ1) is 12.0. The average Bonchev–Trinajstić information content (AvgIpc) is 2.93. The van der Waals surface area contributed by atoms with Crippen molar-refractivity contribution in [2.75, 3.05) is 17.7 Å². The number of rotatable bonds is 8. The molecule has 2 aromatic rings. The lowest BCUT2D eigenvalue weighted by atomic mass is 10.4. The van der Waals surface area contributed by atoms with E-state index in [0.29, 0.717) is 27.9 Å². The molecule has 2 aromatic heterocycles. The summed E-state index contributed by atoms with van der Waals surface area (Å²) < 4.78 is 4.99. The van der Waals surface area contributed by atoms with Crippen LogP contribution in [0.5, 0.6) is 0 Å². The largest absolute Gasteiger partial charge is 0.457 e. The van der Waals surface area contributed by atoms with Gasteiger partial charge in [-0.25, -0.2) is 19.7 Å². The highest BCUT2D eigenvalue weighted by Crippen LogP contribution is 2.24. The number of carbonyl (C=O) groups excluding carboxylic acids is 2. The van der Waals surface area contributed by atoms with E-state index < -0.39 is 5.97 Å². The lowest BCUT2D eigenvalue weighted by Gasteiger charge is -2.02. The molecule has 0 bridgehead atoms. The molecule has 1 amide bonds. The summed E-state index contributed by atoms with van der Waals surface area (Å²) in [6, 6.07) is 1.87. The van der Waals surface area contributed by atoms with Crippen LogP contribution in [0.4, 0.5) is 5.13 Å². The number of hydrogen-bond donors (Lipinski definition) is 1. The van der Waals surface area contributed by atoms with Crippen LogP contribution in [0.3, 0.4) is 0 Å². The van der Waals surface area contributed by atoms with Crippen molar-refractivity contribution >= 4 is 40.1 Å². The van der Waals surface area contributed by atoms with Crippen molar-refractivity contribution in [3.05, 3.63) is 41.3 Å². The number of carbonyl (C=O) groups is 2. The highest BCUT2D eigenvalue weighted by Gasteiger charge is 2.17. The Morgan fingerprint density at radius 1 is 1.40 bits per heavy atom. The fourth-order valence-electron chi connectivity index (χ4n) is 1.78. The number of aryl methyl sites for hydroxylation is 2. The maximum absolute atomic E-state index is 12.0. The molecule has 0 radical (unpaired) electrons. The Morgan fingerprint density at radius 3 is 2.92 bits per heavy atom. The van der Waals surface area contributed by atoms with Gasteiger partial charge in [-0.2, -0.15) is 0 Å². The van der Waals surface area contributed by atoms with E-state index in [2.05, 4.69) is 26.8 Å². The fraction of sp³-hybridized carbons (Fsp3) is 0.312. The van der Waals surface area contributed by atoms with Crippen molar-refractivity contribution < 1.29 is 14.3 Å². The number of aromatic nitrogens is 3. The van der Waals surface area contributed by atoms with Crippen LogP contribution in [-0.2, 0) is 9.53 Å². The van der Waals surface area contributed by atoms with Crippen LogP contribution < -0.4 is 5.32 Å². The van der Waals surface area contributed by atoms with Crippen LogP contribution in [0, 0.1) is 13.8 Å². The molecule has 132 valence electrons. The molecule has 0 fully saturated rings. The Morgan fingerprint density at radius 2 is 2.20 bits per heavy atom. The SMILES string of the molecule is C=CCOC(=O)c1sc(NC(=O)CCSc2cc(C)ncn2)nc1C. The van der Waals surface area contributed by atoms with Crippen molar-refractivity contribution in [3.8, 4) is 0 Å². The summed E-state index contributed by atoms with van der Waals surface area (Å²) in [5, 5.41) is 3.92. The monoisotopic (exact) mass is 378 g/mol. The first-order valence-corrected chi connectivity index (χ1v) is 9.26. The van der Waals surface area contributed by atoms with Crippen LogP contribution in [0.1, 0.15) is 27.5 Å². The summed E-state index contributed by atoms with van der Waals surface area (Å²) in [7, 11) is 0. The third kappa shape index (κ3) is 5.95. The standard InChI is InChI=1S/C16H18N4O3S2/c1-4-6-23-15(22)14-11(3)19-16(25-14)20-12(21)5-7-24-13-8-10(2)17-9-18-13/h4,8-9H,1,5-7H2,2-3H3,(H,19,20,21). The van der Waals surface area contributed by atoms with E-state index in [1.807, 2.05) is 13.0 Å². The minimum absolute atomic E-state index is 0.137. The smallest absolute Gasteiger partial charge is 0.350 e. The van der Waals surface area contributed by atoms with Crippen LogP contribution in [0.2, 0.25) is 0 Å². The van der Waals surface area contributed by atoms with E-state index >= 15 is 0 Å². The summed E-state index contributed by atoms with van der Waals surface area (Å²) in [5.74, 6) is -0.0518. The fourth-order valence-corrected chi connectivity index (χ4v) is 3.53. The molecule has 7 nitrogen and oxygen atoms in total. The van der Waals surface area contributed by atoms with Gasteiger partial charge in [0.1, 0.15) is 17.8 Å². The van der Waals surface area contributed by atoms with Crippen molar-refractivity contribution in [2.45, 2.75) is 25.3 Å². The average molecular weight is 378 g/mol. The molecule has 2 rings (SSSR count). The molecule has 0 aliphatic rings. The van der Waals surface area contributed by atoms with Crippen LogP contribution in [0.15, 0.2) is 30.1 Å². The van der Waals surface area contributed by atoms with E-state index in [9.17, 15) is 9.59 Å². The number of nitrogens with one attached hydrogen (secondary N) is 1. The molecule has 0 unspecified atom stereocenters. The van der Waals surface area contributed by atoms with Crippen LogP contribution in [-0.4, -0.2) is 39.2 Å². The Hall–Kier alpha value is -2.26. The summed E-state index contributed by atoms with van der Waals surface area (Å²) in [6.45, 7) is 7.22. The molecule has 0 aliphatic heterocycles.